The summed E-state index contributed by atoms with van der Waals surface area (Å²) in [6, 6.07) is 4.97. The molecule has 0 amide bonds. The van der Waals surface area contributed by atoms with E-state index in [0.29, 0.717) is 6.61 Å². The predicted octanol–water partition coefficient (Wildman–Crippen LogP) is 8.24. The number of benzene rings is 1. The minimum Gasteiger partial charge on any atom is -0.463 e. The zero-order valence-electron chi connectivity index (χ0n) is 21.5. The van der Waals surface area contributed by atoms with Crippen molar-refractivity contribution in [1.82, 2.24) is 0 Å². The summed E-state index contributed by atoms with van der Waals surface area (Å²) in [4.78, 5) is 11.6. The van der Waals surface area contributed by atoms with Gasteiger partial charge in [-0.3, -0.25) is 0 Å². The lowest BCUT2D eigenvalue weighted by Crippen LogP contribution is -2.34. The Morgan fingerprint density at radius 2 is 1.62 bits per heavy atom. The van der Waals surface area contributed by atoms with Crippen molar-refractivity contribution in [3.05, 3.63) is 64.3 Å². The van der Waals surface area contributed by atoms with E-state index in [0.717, 1.165) is 12.0 Å². The molecular formula is C30H44O2. The van der Waals surface area contributed by atoms with E-state index >= 15 is 0 Å². The third-order valence-electron chi connectivity index (χ3n) is 6.79. The molecular weight excluding hydrogens is 392 g/mol. The molecule has 2 heteroatoms. The fourth-order valence-corrected chi connectivity index (χ4v) is 4.57. The molecule has 1 aliphatic carbocycles. The standard InChI is InChI=1S/C30H44O2/c1-8-10-11-12-16-24-21-26-27(30(6,7)19-18-29(26,4)5)22-25(24)17-14-13-15-23(3)20-28(31)32-9-2/h13-15,17,20-22H,8-12,16,18-19H2,1-7H3. The molecule has 1 aliphatic rings. The van der Waals surface area contributed by atoms with Crippen molar-refractivity contribution >= 4 is 12.0 Å². The molecule has 0 heterocycles. The number of unbranched alkanes of at least 4 members (excludes halogenated alkanes) is 3. The fraction of sp³-hybridized carbons (Fsp3) is 0.567. The number of hydrogen-bond donors (Lipinski definition) is 0. The highest BCUT2D eigenvalue weighted by atomic mass is 16.5. The predicted molar refractivity (Wildman–Crippen MR) is 138 cm³/mol. The Balaban J connectivity index is 2.33. The first-order valence-electron chi connectivity index (χ1n) is 12.5. The second-order valence-corrected chi connectivity index (χ2v) is 10.5. The third-order valence-corrected chi connectivity index (χ3v) is 6.79. The van der Waals surface area contributed by atoms with Gasteiger partial charge in [-0.1, -0.05) is 90.3 Å². The van der Waals surface area contributed by atoms with E-state index in [2.05, 4.69) is 58.9 Å². The Morgan fingerprint density at radius 1 is 0.969 bits per heavy atom. The van der Waals surface area contributed by atoms with Gasteiger partial charge in [0.25, 0.3) is 0 Å². The van der Waals surface area contributed by atoms with Gasteiger partial charge in [0.15, 0.2) is 0 Å². The Labute approximate surface area is 196 Å². The number of carbonyl (C=O) groups excluding carboxylic acids is 1. The van der Waals surface area contributed by atoms with Crippen LogP contribution in [0.1, 0.15) is 109 Å². The van der Waals surface area contributed by atoms with Crippen LogP contribution in [0.25, 0.3) is 6.08 Å². The van der Waals surface area contributed by atoms with Crippen molar-refractivity contribution in [3.8, 4) is 0 Å². The summed E-state index contributed by atoms with van der Waals surface area (Å²) in [5.74, 6) is -0.285. The second kappa shape index (κ2) is 11.7. The van der Waals surface area contributed by atoms with Crippen molar-refractivity contribution in [2.45, 2.75) is 104 Å². The van der Waals surface area contributed by atoms with E-state index in [1.54, 1.807) is 5.56 Å². The number of aryl methyl sites for hydroxylation is 1. The van der Waals surface area contributed by atoms with Crippen LogP contribution in [0.15, 0.2) is 42.0 Å². The van der Waals surface area contributed by atoms with Gasteiger partial charge in [-0.05, 0) is 78.2 Å². The number of rotatable bonds is 10. The summed E-state index contributed by atoms with van der Waals surface area (Å²) in [5.41, 5.74) is 7.19. The van der Waals surface area contributed by atoms with Gasteiger partial charge in [0.05, 0.1) is 6.61 Å². The molecule has 0 aliphatic heterocycles. The van der Waals surface area contributed by atoms with Crippen LogP contribution in [0.2, 0.25) is 0 Å². The molecule has 1 aromatic rings. The third kappa shape index (κ3) is 7.22. The summed E-state index contributed by atoms with van der Waals surface area (Å²) in [7, 11) is 0. The quantitative estimate of drug-likeness (QED) is 0.160. The maximum atomic E-state index is 11.6. The number of allylic oxidation sites excluding steroid dienone is 4. The number of carbonyl (C=O) groups is 1. The summed E-state index contributed by atoms with van der Waals surface area (Å²) >= 11 is 0. The summed E-state index contributed by atoms with van der Waals surface area (Å²) in [6.45, 7) is 16.0. The Bertz CT molecular complexity index is 865. The van der Waals surface area contributed by atoms with E-state index in [4.69, 9.17) is 4.74 Å². The van der Waals surface area contributed by atoms with E-state index in [-0.39, 0.29) is 16.8 Å². The van der Waals surface area contributed by atoms with Gasteiger partial charge in [0.1, 0.15) is 0 Å². The van der Waals surface area contributed by atoms with Gasteiger partial charge in [0.2, 0.25) is 0 Å². The topological polar surface area (TPSA) is 26.3 Å². The van der Waals surface area contributed by atoms with E-state index in [9.17, 15) is 4.79 Å². The molecule has 0 unspecified atom stereocenters. The molecule has 0 aromatic heterocycles. The molecule has 0 spiro atoms. The molecule has 0 saturated heterocycles. The van der Waals surface area contributed by atoms with Crippen LogP contribution in [-0.4, -0.2) is 12.6 Å². The van der Waals surface area contributed by atoms with Gasteiger partial charge < -0.3 is 4.74 Å². The Morgan fingerprint density at radius 3 is 2.25 bits per heavy atom. The maximum absolute atomic E-state index is 11.6. The highest BCUT2D eigenvalue weighted by molar-refractivity contribution is 5.83. The van der Waals surface area contributed by atoms with E-state index in [1.807, 2.05) is 26.0 Å². The average molecular weight is 437 g/mol. The number of ether oxygens (including phenoxy) is 1. The lowest BCUT2D eigenvalue weighted by atomic mass is 9.62. The monoisotopic (exact) mass is 436 g/mol. The molecule has 176 valence electrons. The van der Waals surface area contributed by atoms with Crippen molar-refractivity contribution in [3.63, 3.8) is 0 Å². The Kier molecular flexibility index (Phi) is 9.55. The number of esters is 1. The van der Waals surface area contributed by atoms with E-state index in [1.165, 1.54) is 61.3 Å². The molecule has 0 radical (unpaired) electrons. The highest BCUT2D eigenvalue weighted by Gasteiger charge is 2.37. The minimum atomic E-state index is -0.285. The SMILES string of the molecule is CCCCCCc1cc2c(cc1C=CC=CC(C)=CC(=O)OCC)C(C)(C)CCC2(C)C. The first-order valence-corrected chi connectivity index (χ1v) is 12.5. The molecule has 2 nitrogen and oxygen atoms in total. The molecule has 0 N–H and O–H groups in total. The normalized spacial score (nSPS) is 17.7. The van der Waals surface area contributed by atoms with Crippen LogP contribution in [0.5, 0.6) is 0 Å². The first-order chi connectivity index (χ1) is 15.1. The molecule has 2 rings (SSSR count). The van der Waals surface area contributed by atoms with Crippen LogP contribution >= 0.6 is 0 Å². The molecule has 0 fully saturated rings. The van der Waals surface area contributed by atoms with Crippen LogP contribution < -0.4 is 0 Å². The van der Waals surface area contributed by atoms with Gasteiger partial charge >= 0.3 is 5.97 Å². The number of hydrogen-bond acceptors (Lipinski definition) is 2. The van der Waals surface area contributed by atoms with Crippen LogP contribution in [0, 0.1) is 0 Å². The fourth-order valence-electron chi connectivity index (χ4n) is 4.57. The lowest BCUT2D eigenvalue weighted by molar-refractivity contribution is -0.137. The largest absolute Gasteiger partial charge is 0.463 e. The lowest BCUT2D eigenvalue weighted by Gasteiger charge is -2.42. The van der Waals surface area contributed by atoms with Gasteiger partial charge in [-0.15, -0.1) is 0 Å². The zero-order chi connectivity index (χ0) is 23.8. The number of fused-ring (bicyclic) bond motifs is 1. The van der Waals surface area contributed by atoms with Crippen molar-refractivity contribution in [1.29, 1.82) is 0 Å². The molecule has 32 heavy (non-hydrogen) atoms. The van der Waals surface area contributed by atoms with E-state index < -0.39 is 0 Å². The van der Waals surface area contributed by atoms with Gasteiger partial charge in [-0.25, -0.2) is 4.79 Å². The van der Waals surface area contributed by atoms with Crippen LogP contribution in [0.4, 0.5) is 0 Å². The molecule has 0 saturated carbocycles. The minimum absolute atomic E-state index is 0.211. The Hall–Kier alpha value is -2.09. The van der Waals surface area contributed by atoms with Crippen molar-refractivity contribution in [2.75, 3.05) is 6.61 Å². The highest BCUT2D eigenvalue weighted by Crippen LogP contribution is 2.46. The van der Waals surface area contributed by atoms with Crippen molar-refractivity contribution in [2.24, 2.45) is 0 Å². The average Bonchev–Trinajstić information content (AvgIpc) is 2.72. The van der Waals surface area contributed by atoms with Crippen LogP contribution in [-0.2, 0) is 26.8 Å². The summed E-state index contributed by atoms with van der Waals surface area (Å²) in [6.07, 6.45) is 18.6. The summed E-state index contributed by atoms with van der Waals surface area (Å²) < 4.78 is 4.98. The van der Waals surface area contributed by atoms with Crippen molar-refractivity contribution < 1.29 is 9.53 Å². The molecule has 0 atom stereocenters. The molecule has 0 bridgehead atoms. The second-order valence-electron chi connectivity index (χ2n) is 10.5. The molecule has 1 aromatic carbocycles. The smallest absolute Gasteiger partial charge is 0.330 e. The first kappa shape index (κ1) is 26.2. The zero-order valence-corrected chi connectivity index (χ0v) is 21.5. The summed E-state index contributed by atoms with van der Waals surface area (Å²) in [5, 5.41) is 0. The van der Waals surface area contributed by atoms with Crippen LogP contribution in [0.3, 0.4) is 0 Å². The van der Waals surface area contributed by atoms with Gasteiger partial charge in [-0.2, -0.15) is 0 Å². The maximum Gasteiger partial charge on any atom is 0.330 e. The van der Waals surface area contributed by atoms with Gasteiger partial charge in [0, 0.05) is 6.08 Å².